The van der Waals surface area contributed by atoms with Crippen LogP contribution in [0.4, 0.5) is 5.82 Å². The van der Waals surface area contributed by atoms with Crippen molar-refractivity contribution >= 4 is 11.7 Å². The van der Waals surface area contributed by atoms with Gasteiger partial charge in [0.05, 0.1) is 12.7 Å². The van der Waals surface area contributed by atoms with Crippen LogP contribution < -0.4 is 10.2 Å². The van der Waals surface area contributed by atoms with Gasteiger partial charge in [-0.3, -0.25) is 4.79 Å². The van der Waals surface area contributed by atoms with Crippen molar-refractivity contribution in [2.24, 2.45) is 5.41 Å². The molecule has 0 saturated carbocycles. The van der Waals surface area contributed by atoms with Gasteiger partial charge in [-0.2, -0.15) is 0 Å². The number of piperidine rings is 1. The van der Waals surface area contributed by atoms with Crippen molar-refractivity contribution in [3.63, 3.8) is 0 Å². The van der Waals surface area contributed by atoms with Gasteiger partial charge in [-0.05, 0) is 19.3 Å². The summed E-state index contributed by atoms with van der Waals surface area (Å²) in [5.74, 6) is 1.43. The van der Waals surface area contributed by atoms with Gasteiger partial charge in [-0.1, -0.05) is 27.2 Å². The van der Waals surface area contributed by atoms with Crippen LogP contribution in [-0.4, -0.2) is 58.4 Å². The number of carbonyl (C=O) groups excluding carboxylic acids is 1. The number of nitrogens with zero attached hydrogens (tertiary/aromatic N) is 3. The molecule has 2 atom stereocenters. The largest absolute Gasteiger partial charge is 0.396 e. The standard InChI is InChI=1S/C19H30N4O3/c1-4-7-19(11-24)10-23(9-6-14(19)25)17-13-5-8-20-18(26)15(13)21-16(22-17)12(2)3/h12,14,24-25H,4-11H2,1-3H3,(H,20,26)/t14-,19-/m0/s1. The molecule has 7 nitrogen and oxygen atoms in total. The Morgan fingerprint density at radius 2 is 2.15 bits per heavy atom. The Labute approximate surface area is 154 Å². The third-order valence-corrected chi connectivity index (χ3v) is 5.64. The molecule has 0 unspecified atom stereocenters. The first kappa shape index (κ1) is 19.0. The molecule has 1 aromatic heterocycles. The van der Waals surface area contributed by atoms with Gasteiger partial charge in [0.25, 0.3) is 5.91 Å². The molecule has 0 aromatic carbocycles. The highest BCUT2D eigenvalue weighted by Gasteiger charge is 2.43. The second-order valence-corrected chi connectivity index (χ2v) is 7.89. The predicted octanol–water partition coefficient (Wildman–Crippen LogP) is 1.24. The molecule has 3 rings (SSSR count). The third-order valence-electron chi connectivity index (χ3n) is 5.64. The lowest BCUT2D eigenvalue weighted by atomic mass is 9.74. The van der Waals surface area contributed by atoms with Crippen LogP contribution in [0.25, 0.3) is 0 Å². The van der Waals surface area contributed by atoms with Crippen LogP contribution in [0.5, 0.6) is 0 Å². The summed E-state index contributed by atoms with van der Waals surface area (Å²) < 4.78 is 0. The molecule has 1 amide bonds. The van der Waals surface area contributed by atoms with Crippen LogP contribution in [0.2, 0.25) is 0 Å². The highest BCUT2D eigenvalue weighted by Crippen LogP contribution is 2.38. The molecular formula is C19H30N4O3. The van der Waals surface area contributed by atoms with E-state index in [0.29, 0.717) is 44.0 Å². The summed E-state index contributed by atoms with van der Waals surface area (Å²) in [7, 11) is 0. The maximum absolute atomic E-state index is 12.3. The molecule has 3 heterocycles. The van der Waals surface area contributed by atoms with E-state index in [-0.39, 0.29) is 18.4 Å². The molecule has 3 N–H and O–H groups in total. The molecule has 1 aromatic rings. The SMILES string of the molecule is CCC[C@@]1(CO)CN(c2nc(C(C)C)nc3c2CCNC3=O)CC[C@@H]1O. The van der Waals surface area contributed by atoms with Crippen LogP contribution in [0.3, 0.4) is 0 Å². The number of hydrogen-bond donors (Lipinski definition) is 3. The molecule has 144 valence electrons. The number of hydrogen-bond acceptors (Lipinski definition) is 6. The summed E-state index contributed by atoms with van der Waals surface area (Å²) in [5.41, 5.74) is 0.818. The molecule has 0 radical (unpaired) electrons. The maximum atomic E-state index is 12.3. The molecule has 1 fully saturated rings. The fourth-order valence-corrected chi connectivity index (χ4v) is 4.12. The van der Waals surface area contributed by atoms with E-state index in [2.05, 4.69) is 22.1 Å². The van der Waals surface area contributed by atoms with Gasteiger partial charge >= 0.3 is 0 Å². The summed E-state index contributed by atoms with van der Waals surface area (Å²) >= 11 is 0. The Hall–Kier alpha value is -1.73. The number of anilines is 1. The Kier molecular flexibility index (Phi) is 5.48. The minimum atomic E-state index is -0.542. The summed E-state index contributed by atoms with van der Waals surface area (Å²) in [6, 6.07) is 0. The normalized spacial score (nSPS) is 26.0. The minimum absolute atomic E-state index is 0.0523. The number of fused-ring (bicyclic) bond motifs is 1. The lowest BCUT2D eigenvalue weighted by Crippen LogP contribution is -2.54. The van der Waals surface area contributed by atoms with Gasteiger partial charge in [0.15, 0.2) is 0 Å². The van der Waals surface area contributed by atoms with Crippen molar-refractivity contribution in [3.05, 3.63) is 17.1 Å². The average Bonchev–Trinajstić information content (AvgIpc) is 2.63. The van der Waals surface area contributed by atoms with Crippen molar-refractivity contribution in [3.8, 4) is 0 Å². The Balaban J connectivity index is 2.04. The second-order valence-electron chi connectivity index (χ2n) is 7.89. The molecule has 2 aliphatic rings. The topological polar surface area (TPSA) is 98.6 Å². The van der Waals surface area contributed by atoms with Gasteiger partial charge in [-0.15, -0.1) is 0 Å². The monoisotopic (exact) mass is 362 g/mol. The molecule has 1 saturated heterocycles. The first-order valence-electron chi connectivity index (χ1n) is 9.64. The van der Waals surface area contributed by atoms with Gasteiger partial charge in [-0.25, -0.2) is 9.97 Å². The number of amides is 1. The number of aliphatic hydroxyl groups is 2. The van der Waals surface area contributed by atoms with Crippen LogP contribution in [-0.2, 0) is 6.42 Å². The lowest BCUT2D eigenvalue weighted by Gasteiger charge is -2.46. The van der Waals surface area contributed by atoms with E-state index in [1.807, 2.05) is 13.8 Å². The van der Waals surface area contributed by atoms with Crippen LogP contribution >= 0.6 is 0 Å². The summed E-state index contributed by atoms with van der Waals surface area (Å²) in [5, 5.41) is 23.5. The molecule has 2 aliphatic heterocycles. The van der Waals surface area contributed by atoms with Gasteiger partial charge in [0, 0.05) is 36.5 Å². The van der Waals surface area contributed by atoms with Gasteiger partial charge in [0.1, 0.15) is 17.3 Å². The molecular weight excluding hydrogens is 332 g/mol. The van der Waals surface area contributed by atoms with Crippen LogP contribution in [0.1, 0.15) is 67.8 Å². The molecule has 26 heavy (non-hydrogen) atoms. The number of aliphatic hydroxyl groups excluding tert-OH is 2. The first-order valence-corrected chi connectivity index (χ1v) is 9.64. The summed E-state index contributed by atoms with van der Waals surface area (Å²) in [4.78, 5) is 23.8. The van der Waals surface area contributed by atoms with Crippen LogP contribution in [0, 0.1) is 5.41 Å². The molecule has 0 bridgehead atoms. The van der Waals surface area contributed by atoms with Crippen molar-refractivity contribution in [1.29, 1.82) is 0 Å². The van der Waals surface area contributed by atoms with E-state index in [1.54, 1.807) is 0 Å². The number of aromatic nitrogens is 2. The predicted molar refractivity (Wildman–Crippen MR) is 99.4 cm³/mol. The summed E-state index contributed by atoms with van der Waals surface area (Å²) in [6.07, 6.45) is 2.42. The fourth-order valence-electron chi connectivity index (χ4n) is 4.12. The third kappa shape index (κ3) is 3.30. The quantitative estimate of drug-likeness (QED) is 0.729. The zero-order valence-corrected chi connectivity index (χ0v) is 16.0. The smallest absolute Gasteiger partial charge is 0.270 e. The zero-order valence-electron chi connectivity index (χ0n) is 16.0. The van der Waals surface area contributed by atoms with E-state index < -0.39 is 11.5 Å². The number of carbonyl (C=O) groups is 1. The minimum Gasteiger partial charge on any atom is -0.396 e. The highest BCUT2D eigenvalue weighted by molar-refractivity contribution is 5.96. The number of rotatable bonds is 5. The molecule has 0 aliphatic carbocycles. The maximum Gasteiger partial charge on any atom is 0.270 e. The molecule has 0 spiro atoms. The van der Waals surface area contributed by atoms with E-state index in [9.17, 15) is 15.0 Å². The van der Waals surface area contributed by atoms with Crippen molar-refractivity contribution in [1.82, 2.24) is 15.3 Å². The molecule has 7 heteroatoms. The van der Waals surface area contributed by atoms with Crippen LogP contribution in [0.15, 0.2) is 0 Å². The highest BCUT2D eigenvalue weighted by atomic mass is 16.3. The average molecular weight is 362 g/mol. The van der Waals surface area contributed by atoms with Gasteiger partial charge < -0.3 is 20.4 Å². The van der Waals surface area contributed by atoms with Gasteiger partial charge in [0.2, 0.25) is 0 Å². The first-order chi connectivity index (χ1) is 12.4. The lowest BCUT2D eigenvalue weighted by molar-refractivity contribution is -0.0353. The zero-order chi connectivity index (χ0) is 18.9. The second kappa shape index (κ2) is 7.48. The van der Waals surface area contributed by atoms with E-state index in [1.165, 1.54) is 0 Å². The fraction of sp³-hybridized carbons (Fsp3) is 0.737. The Morgan fingerprint density at radius 1 is 1.38 bits per heavy atom. The number of nitrogens with one attached hydrogen (secondary N) is 1. The van der Waals surface area contributed by atoms with Crippen molar-refractivity contribution in [2.45, 2.75) is 58.5 Å². The Bertz CT molecular complexity index is 679. The summed E-state index contributed by atoms with van der Waals surface area (Å²) in [6.45, 7) is 7.83. The van der Waals surface area contributed by atoms with E-state index in [4.69, 9.17) is 4.98 Å². The van der Waals surface area contributed by atoms with Crippen molar-refractivity contribution in [2.75, 3.05) is 31.1 Å². The van der Waals surface area contributed by atoms with E-state index in [0.717, 1.165) is 24.2 Å². The van der Waals surface area contributed by atoms with Crippen molar-refractivity contribution < 1.29 is 15.0 Å². The Morgan fingerprint density at radius 3 is 2.81 bits per heavy atom. The van der Waals surface area contributed by atoms with E-state index >= 15 is 0 Å².